The fraction of sp³-hybridized carbons (Fsp3) is 0.200. The number of carbonyl (C=O) groups is 2. The Balaban J connectivity index is 1.93. The van der Waals surface area contributed by atoms with Crippen molar-refractivity contribution < 1.29 is 18.0 Å². The Morgan fingerprint density at radius 2 is 1.30 bits per heavy atom. The fourth-order valence-corrected chi connectivity index (χ4v) is 4.44. The number of para-hydroxylation sites is 2. The first-order valence-electron chi connectivity index (χ1n) is 10.4. The van der Waals surface area contributed by atoms with Gasteiger partial charge in [0.15, 0.2) is 0 Å². The average Bonchev–Trinajstić information content (AvgIpc) is 2.78. The van der Waals surface area contributed by atoms with Crippen molar-refractivity contribution in [1.82, 2.24) is 5.32 Å². The SMILES string of the molecule is CN(c1ccccc1C(=O)Nc1ccccc1C(=O)NC(C)(C)C)S(=O)(=O)c1ccccc1. The van der Waals surface area contributed by atoms with Crippen LogP contribution in [0.1, 0.15) is 41.5 Å². The van der Waals surface area contributed by atoms with E-state index < -0.39 is 21.5 Å². The molecule has 0 heterocycles. The molecule has 0 aliphatic rings. The number of anilines is 2. The lowest BCUT2D eigenvalue weighted by Crippen LogP contribution is -2.40. The summed E-state index contributed by atoms with van der Waals surface area (Å²) in [6, 6.07) is 21.1. The van der Waals surface area contributed by atoms with Gasteiger partial charge in [-0.05, 0) is 57.2 Å². The van der Waals surface area contributed by atoms with Gasteiger partial charge in [-0.3, -0.25) is 13.9 Å². The molecule has 0 bridgehead atoms. The van der Waals surface area contributed by atoms with Gasteiger partial charge >= 0.3 is 0 Å². The molecule has 0 radical (unpaired) electrons. The van der Waals surface area contributed by atoms with Crippen molar-refractivity contribution in [3.63, 3.8) is 0 Å². The largest absolute Gasteiger partial charge is 0.347 e. The van der Waals surface area contributed by atoms with Crippen molar-refractivity contribution in [1.29, 1.82) is 0 Å². The molecule has 7 nitrogen and oxygen atoms in total. The number of hydrogen-bond acceptors (Lipinski definition) is 4. The van der Waals surface area contributed by atoms with Crippen LogP contribution < -0.4 is 14.9 Å². The Labute approximate surface area is 194 Å². The molecule has 2 N–H and O–H groups in total. The molecule has 0 aliphatic heterocycles. The second-order valence-corrected chi connectivity index (χ2v) is 10.5. The molecule has 0 aromatic heterocycles. The minimum absolute atomic E-state index is 0.118. The summed E-state index contributed by atoms with van der Waals surface area (Å²) in [7, 11) is -2.47. The van der Waals surface area contributed by atoms with E-state index in [1.165, 1.54) is 19.2 Å². The lowest BCUT2D eigenvalue weighted by Gasteiger charge is -2.23. The van der Waals surface area contributed by atoms with Gasteiger partial charge < -0.3 is 10.6 Å². The second kappa shape index (κ2) is 9.46. The third-order valence-corrected chi connectivity index (χ3v) is 6.58. The van der Waals surface area contributed by atoms with E-state index in [1.54, 1.807) is 66.7 Å². The van der Waals surface area contributed by atoms with E-state index in [4.69, 9.17) is 0 Å². The summed E-state index contributed by atoms with van der Waals surface area (Å²) >= 11 is 0. The maximum atomic E-state index is 13.2. The molecule has 0 aliphatic carbocycles. The summed E-state index contributed by atoms with van der Waals surface area (Å²) in [5.74, 6) is -0.854. The summed E-state index contributed by atoms with van der Waals surface area (Å²) in [4.78, 5) is 26.0. The Bertz CT molecular complexity index is 1270. The molecule has 0 saturated heterocycles. The van der Waals surface area contributed by atoms with Gasteiger partial charge in [-0.15, -0.1) is 0 Å². The first-order valence-corrected chi connectivity index (χ1v) is 11.8. The van der Waals surface area contributed by atoms with Crippen LogP contribution in [0.2, 0.25) is 0 Å². The van der Waals surface area contributed by atoms with E-state index in [0.717, 1.165) is 4.31 Å². The number of sulfonamides is 1. The van der Waals surface area contributed by atoms with Crippen molar-refractivity contribution in [2.75, 3.05) is 16.7 Å². The van der Waals surface area contributed by atoms with Crippen LogP contribution in [0, 0.1) is 0 Å². The molecule has 172 valence electrons. The van der Waals surface area contributed by atoms with E-state index in [0.29, 0.717) is 11.3 Å². The summed E-state index contributed by atoms with van der Waals surface area (Å²) < 4.78 is 27.2. The van der Waals surface area contributed by atoms with E-state index in [9.17, 15) is 18.0 Å². The topological polar surface area (TPSA) is 95.6 Å². The lowest BCUT2D eigenvalue weighted by atomic mass is 10.1. The van der Waals surface area contributed by atoms with Crippen LogP contribution in [-0.2, 0) is 10.0 Å². The molecule has 2 amide bonds. The Kier molecular flexibility index (Phi) is 6.88. The zero-order chi connectivity index (χ0) is 24.2. The van der Waals surface area contributed by atoms with Gasteiger partial charge in [0, 0.05) is 12.6 Å². The first kappa shape index (κ1) is 24.0. The molecule has 3 aromatic carbocycles. The summed E-state index contributed by atoms with van der Waals surface area (Å²) in [5.41, 5.74) is 0.562. The number of nitrogens with zero attached hydrogens (tertiary/aromatic N) is 1. The standard InChI is InChI=1S/C25H27N3O4S/c1-25(2,3)27-24(30)19-14-8-10-16-21(19)26-23(29)20-15-9-11-17-22(20)28(4)33(31,32)18-12-6-5-7-13-18/h5-17H,1-4H3,(H,26,29)(H,27,30). The quantitative estimate of drug-likeness (QED) is 0.568. The summed E-state index contributed by atoms with van der Waals surface area (Å²) in [6.07, 6.45) is 0. The van der Waals surface area contributed by atoms with E-state index >= 15 is 0 Å². The molecular formula is C25H27N3O4S. The van der Waals surface area contributed by atoms with Crippen LogP contribution in [0.4, 0.5) is 11.4 Å². The average molecular weight is 466 g/mol. The second-order valence-electron chi connectivity index (χ2n) is 8.51. The zero-order valence-corrected chi connectivity index (χ0v) is 19.8. The molecule has 0 spiro atoms. The maximum absolute atomic E-state index is 13.2. The van der Waals surface area contributed by atoms with Crippen molar-refractivity contribution in [3.8, 4) is 0 Å². The van der Waals surface area contributed by atoms with Gasteiger partial charge in [0.25, 0.3) is 21.8 Å². The molecule has 0 unspecified atom stereocenters. The van der Waals surface area contributed by atoms with Crippen LogP contribution in [0.25, 0.3) is 0 Å². The van der Waals surface area contributed by atoms with Gasteiger partial charge in [-0.25, -0.2) is 8.42 Å². The number of nitrogens with one attached hydrogen (secondary N) is 2. The van der Waals surface area contributed by atoms with Gasteiger partial charge in [-0.2, -0.15) is 0 Å². The molecule has 0 fully saturated rings. The zero-order valence-electron chi connectivity index (χ0n) is 19.0. The number of amides is 2. The van der Waals surface area contributed by atoms with Crippen molar-refractivity contribution >= 4 is 33.2 Å². The van der Waals surface area contributed by atoms with Gasteiger partial charge in [0.1, 0.15) is 0 Å². The molecule has 3 aromatic rings. The molecule has 8 heteroatoms. The molecule has 3 rings (SSSR count). The van der Waals surface area contributed by atoms with E-state index in [-0.39, 0.29) is 22.1 Å². The first-order chi connectivity index (χ1) is 15.5. The molecule has 33 heavy (non-hydrogen) atoms. The van der Waals surface area contributed by atoms with Crippen molar-refractivity contribution in [2.45, 2.75) is 31.2 Å². The highest BCUT2D eigenvalue weighted by Crippen LogP contribution is 2.27. The van der Waals surface area contributed by atoms with Crippen LogP contribution in [-0.4, -0.2) is 32.8 Å². The number of carbonyl (C=O) groups excluding carboxylic acids is 2. The Morgan fingerprint density at radius 1 is 0.758 bits per heavy atom. The van der Waals surface area contributed by atoms with Crippen LogP contribution in [0.15, 0.2) is 83.8 Å². The lowest BCUT2D eigenvalue weighted by molar-refractivity contribution is 0.0920. The van der Waals surface area contributed by atoms with E-state index in [2.05, 4.69) is 10.6 Å². The summed E-state index contributed by atoms with van der Waals surface area (Å²) in [6.45, 7) is 5.60. The van der Waals surface area contributed by atoms with Crippen LogP contribution in [0.5, 0.6) is 0 Å². The van der Waals surface area contributed by atoms with Gasteiger partial charge in [0.05, 0.1) is 27.4 Å². The predicted octanol–water partition coefficient (Wildman–Crippen LogP) is 4.29. The monoisotopic (exact) mass is 465 g/mol. The Morgan fingerprint density at radius 3 is 1.94 bits per heavy atom. The predicted molar refractivity (Wildman–Crippen MR) is 130 cm³/mol. The maximum Gasteiger partial charge on any atom is 0.264 e. The smallest absolute Gasteiger partial charge is 0.264 e. The normalized spacial score (nSPS) is 11.5. The highest BCUT2D eigenvalue weighted by molar-refractivity contribution is 7.92. The molecule has 0 atom stereocenters. The van der Waals surface area contributed by atoms with Gasteiger partial charge in [0.2, 0.25) is 0 Å². The third-order valence-electron chi connectivity index (χ3n) is 4.80. The summed E-state index contributed by atoms with van der Waals surface area (Å²) in [5, 5.41) is 5.64. The number of hydrogen-bond donors (Lipinski definition) is 2. The van der Waals surface area contributed by atoms with Crippen molar-refractivity contribution in [2.24, 2.45) is 0 Å². The van der Waals surface area contributed by atoms with Crippen LogP contribution >= 0.6 is 0 Å². The Hall–Kier alpha value is -3.65. The van der Waals surface area contributed by atoms with Crippen LogP contribution in [0.3, 0.4) is 0 Å². The molecular weight excluding hydrogens is 438 g/mol. The van der Waals surface area contributed by atoms with E-state index in [1.807, 2.05) is 20.8 Å². The number of rotatable bonds is 6. The van der Waals surface area contributed by atoms with Crippen molar-refractivity contribution in [3.05, 3.63) is 90.0 Å². The minimum atomic E-state index is -3.87. The minimum Gasteiger partial charge on any atom is -0.347 e. The third kappa shape index (κ3) is 5.59. The fourth-order valence-electron chi connectivity index (χ4n) is 3.21. The van der Waals surface area contributed by atoms with Gasteiger partial charge in [-0.1, -0.05) is 42.5 Å². The number of benzene rings is 3. The highest BCUT2D eigenvalue weighted by Gasteiger charge is 2.25. The molecule has 0 saturated carbocycles. The highest BCUT2D eigenvalue weighted by atomic mass is 32.2.